The van der Waals surface area contributed by atoms with Crippen LogP contribution in [0.3, 0.4) is 0 Å². The van der Waals surface area contributed by atoms with Gasteiger partial charge in [0.15, 0.2) is 4.73 Å². The number of rotatable bonds is 2. The van der Waals surface area contributed by atoms with E-state index in [4.69, 9.17) is 5.73 Å². The van der Waals surface area contributed by atoms with Crippen molar-refractivity contribution < 1.29 is 0 Å². The molecule has 0 aliphatic heterocycles. The minimum absolute atomic E-state index is 0.0764. The third-order valence-electron chi connectivity index (χ3n) is 1.85. The molecule has 0 spiro atoms. The largest absolute Gasteiger partial charge is 0.336 e. The molecule has 1 aromatic rings. The third-order valence-corrected chi connectivity index (χ3v) is 2.23. The van der Waals surface area contributed by atoms with Crippen molar-refractivity contribution in [3.05, 3.63) is 16.1 Å². The number of imidazole rings is 1. The van der Waals surface area contributed by atoms with E-state index in [-0.39, 0.29) is 5.41 Å². The number of nitrogens with one attached hydrogen (secondary N) is 1. The van der Waals surface area contributed by atoms with E-state index in [1.807, 2.05) is 0 Å². The first-order valence-corrected chi connectivity index (χ1v) is 5.19. The number of H-pyrrole nitrogens is 1. The van der Waals surface area contributed by atoms with Crippen molar-refractivity contribution in [3.63, 3.8) is 0 Å². The molecule has 0 amide bonds. The molecule has 0 aliphatic rings. The molecule has 0 saturated heterocycles. The number of halogens is 1. The Labute approximate surface area is 87.3 Å². The highest BCUT2D eigenvalue weighted by Gasteiger charge is 2.21. The van der Waals surface area contributed by atoms with Crippen LogP contribution < -0.4 is 5.73 Å². The number of nitrogens with two attached hydrogens (primary N) is 1. The fraction of sp³-hybridized carbons (Fsp3) is 0.667. The monoisotopic (exact) mass is 245 g/mol. The second kappa shape index (κ2) is 3.80. The normalized spacial score (nSPS) is 12.1. The summed E-state index contributed by atoms with van der Waals surface area (Å²) in [6.07, 6.45) is 0.852. The highest BCUT2D eigenvalue weighted by molar-refractivity contribution is 9.10. The van der Waals surface area contributed by atoms with Gasteiger partial charge in [0.05, 0.1) is 5.69 Å². The maximum Gasteiger partial charge on any atom is 0.174 e. The highest BCUT2D eigenvalue weighted by Crippen LogP contribution is 2.25. The molecule has 1 aromatic heterocycles. The van der Waals surface area contributed by atoms with Crippen molar-refractivity contribution in [2.45, 2.75) is 32.6 Å². The SMILES string of the molecule is CC(C)(C)c1nc(Br)[nH]c1CCN. The predicted octanol–water partition coefficient (Wildman–Crippen LogP) is 1.97. The maximum atomic E-state index is 5.52. The van der Waals surface area contributed by atoms with Crippen molar-refractivity contribution in [1.29, 1.82) is 0 Å². The molecule has 1 heterocycles. The number of hydrogen-bond acceptors (Lipinski definition) is 2. The average molecular weight is 246 g/mol. The molecule has 0 aliphatic carbocycles. The molecule has 0 radical (unpaired) electrons. The molecule has 0 unspecified atom stereocenters. The predicted molar refractivity (Wildman–Crippen MR) is 57.7 cm³/mol. The van der Waals surface area contributed by atoms with E-state index in [0.717, 1.165) is 22.5 Å². The van der Waals surface area contributed by atoms with Gasteiger partial charge in [-0.05, 0) is 22.5 Å². The molecule has 4 heteroatoms. The van der Waals surface area contributed by atoms with Crippen molar-refractivity contribution in [1.82, 2.24) is 9.97 Å². The zero-order chi connectivity index (χ0) is 10.1. The van der Waals surface area contributed by atoms with Gasteiger partial charge < -0.3 is 10.7 Å². The van der Waals surface area contributed by atoms with Gasteiger partial charge in [-0.25, -0.2) is 4.98 Å². The van der Waals surface area contributed by atoms with Gasteiger partial charge in [-0.3, -0.25) is 0 Å². The van der Waals surface area contributed by atoms with Crippen molar-refractivity contribution in [3.8, 4) is 0 Å². The van der Waals surface area contributed by atoms with Crippen molar-refractivity contribution >= 4 is 15.9 Å². The first-order valence-electron chi connectivity index (χ1n) is 4.40. The van der Waals surface area contributed by atoms with Gasteiger partial charge in [-0.1, -0.05) is 20.8 Å². The molecule has 3 N–H and O–H groups in total. The quantitative estimate of drug-likeness (QED) is 0.838. The van der Waals surface area contributed by atoms with Gasteiger partial charge in [0.25, 0.3) is 0 Å². The van der Waals surface area contributed by atoms with Gasteiger partial charge >= 0.3 is 0 Å². The zero-order valence-electron chi connectivity index (χ0n) is 8.32. The van der Waals surface area contributed by atoms with Crippen LogP contribution in [0.25, 0.3) is 0 Å². The standard InChI is InChI=1S/C9H16BrN3/c1-9(2,3)7-6(4-5-11)12-8(10)13-7/h4-5,11H2,1-3H3,(H,12,13). The number of aromatic amines is 1. The van der Waals surface area contributed by atoms with Crippen LogP contribution in [-0.4, -0.2) is 16.5 Å². The first-order chi connectivity index (χ1) is 5.95. The van der Waals surface area contributed by atoms with E-state index in [2.05, 4.69) is 46.7 Å². The lowest BCUT2D eigenvalue weighted by molar-refractivity contribution is 0.563. The molecule has 0 fully saturated rings. The summed E-state index contributed by atoms with van der Waals surface area (Å²) >= 11 is 3.34. The molecule has 0 atom stereocenters. The molecule has 13 heavy (non-hydrogen) atoms. The van der Waals surface area contributed by atoms with Crippen molar-refractivity contribution in [2.75, 3.05) is 6.54 Å². The Morgan fingerprint density at radius 2 is 2.08 bits per heavy atom. The van der Waals surface area contributed by atoms with Crippen LogP contribution in [0.15, 0.2) is 4.73 Å². The molecule has 1 rings (SSSR count). The Kier molecular flexibility index (Phi) is 3.14. The van der Waals surface area contributed by atoms with Gasteiger partial charge in [-0.2, -0.15) is 0 Å². The van der Waals surface area contributed by atoms with Crippen LogP contribution in [-0.2, 0) is 11.8 Å². The number of hydrogen-bond donors (Lipinski definition) is 2. The van der Waals surface area contributed by atoms with Gasteiger partial charge in [0.2, 0.25) is 0 Å². The number of aromatic nitrogens is 2. The molecule has 0 aromatic carbocycles. The minimum Gasteiger partial charge on any atom is -0.336 e. The summed E-state index contributed by atoms with van der Waals surface area (Å²) in [4.78, 5) is 7.58. The number of nitrogens with zero attached hydrogens (tertiary/aromatic N) is 1. The summed E-state index contributed by atoms with van der Waals surface area (Å²) < 4.78 is 0.792. The summed E-state index contributed by atoms with van der Waals surface area (Å²) in [5.41, 5.74) is 7.84. The Hall–Kier alpha value is -0.350. The van der Waals surface area contributed by atoms with Crippen LogP contribution in [0.4, 0.5) is 0 Å². The van der Waals surface area contributed by atoms with Gasteiger partial charge in [-0.15, -0.1) is 0 Å². The smallest absolute Gasteiger partial charge is 0.174 e. The van der Waals surface area contributed by atoms with E-state index in [1.54, 1.807) is 0 Å². The Bertz CT molecular complexity index is 286. The zero-order valence-corrected chi connectivity index (χ0v) is 9.90. The van der Waals surface area contributed by atoms with E-state index in [1.165, 1.54) is 0 Å². The minimum atomic E-state index is 0.0764. The molecular formula is C9H16BrN3. The molecule has 74 valence electrons. The van der Waals surface area contributed by atoms with E-state index < -0.39 is 0 Å². The second-order valence-corrected chi connectivity index (χ2v) is 4.89. The van der Waals surface area contributed by atoms with E-state index in [0.29, 0.717) is 6.54 Å². The molecule has 3 nitrogen and oxygen atoms in total. The average Bonchev–Trinajstić information content (AvgIpc) is 2.30. The summed E-state index contributed by atoms with van der Waals surface area (Å²) in [7, 11) is 0. The lowest BCUT2D eigenvalue weighted by Crippen LogP contribution is -2.16. The molecular weight excluding hydrogens is 230 g/mol. The molecule has 0 bridgehead atoms. The maximum absolute atomic E-state index is 5.52. The fourth-order valence-corrected chi connectivity index (χ4v) is 1.74. The summed E-state index contributed by atoms with van der Waals surface area (Å²) in [6.45, 7) is 7.10. The van der Waals surface area contributed by atoms with Crippen LogP contribution >= 0.6 is 15.9 Å². The summed E-state index contributed by atoms with van der Waals surface area (Å²) in [6, 6.07) is 0. The van der Waals surface area contributed by atoms with Crippen molar-refractivity contribution in [2.24, 2.45) is 5.73 Å². The summed E-state index contributed by atoms with van der Waals surface area (Å²) in [5, 5.41) is 0. The fourth-order valence-electron chi connectivity index (χ4n) is 1.32. The van der Waals surface area contributed by atoms with Crippen LogP contribution in [0, 0.1) is 0 Å². The van der Waals surface area contributed by atoms with Gasteiger partial charge in [0, 0.05) is 17.5 Å². The summed E-state index contributed by atoms with van der Waals surface area (Å²) in [5.74, 6) is 0. The Morgan fingerprint density at radius 1 is 1.46 bits per heavy atom. The second-order valence-electron chi connectivity index (χ2n) is 4.14. The Morgan fingerprint density at radius 3 is 2.54 bits per heavy atom. The lowest BCUT2D eigenvalue weighted by Gasteiger charge is -2.17. The van der Waals surface area contributed by atoms with Crippen LogP contribution in [0.2, 0.25) is 0 Å². The van der Waals surface area contributed by atoms with Gasteiger partial charge in [0.1, 0.15) is 0 Å². The van der Waals surface area contributed by atoms with E-state index in [9.17, 15) is 0 Å². The molecule has 0 saturated carbocycles. The Balaban J connectivity index is 3.04. The van der Waals surface area contributed by atoms with Crippen LogP contribution in [0.1, 0.15) is 32.2 Å². The van der Waals surface area contributed by atoms with Crippen LogP contribution in [0.5, 0.6) is 0 Å². The lowest BCUT2D eigenvalue weighted by atomic mass is 9.90. The van der Waals surface area contributed by atoms with E-state index >= 15 is 0 Å². The first kappa shape index (κ1) is 10.7. The topological polar surface area (TPSA) is 54.7 Å². The highest BCUT2D eigenvalue weighted by atomic mass is 79.9. The third kappa shape index (κ3) is 2.54.